The van der Waals surface area contributed by atoms with E-state index in [-0.39, 0.29) is 18.3 Å². The Morgan fingerprint density at radius 2 is 2.19 bits per heavy atom. The Bertz CT molecular complexity index is 684. The largest absolute Gasteiger partial charge is 0.489 e. The molecule has 2 heterocycles. The van der Waals surface area contributed by atoms with E-state index in [0.29, 0.717) is 30.5 Å². The quantitative estimate of drug-likeness (QED) is 0.777. The number of amides is 1. The van der Waals surface area contributed by atoms with Crippen LogP contribution in [0.2, 0.25) is 0 Å². The van der Waals surface area contributed by atoms with Crippen molar-refractivity contribution in [1.29, 1.82) is 0 Å². The second-order valence-electron chi connectivity index (χ2n) is 6.39. The number of carbonyl (C=O) groups excluding carboxylic acids is 1. The van der Waals surface area contributed by atoms with E-state index in [1.807, 2.05) is 37.3 Å². The second kappa shape index (κ2) is 10.2. The molecule has 1 saturated heterocycles. The molecule has 0 aliphatic carbocycles. The standard InChI is InChI=1S/C19H26N4O2.ClH/c1-2-11-25-17-14-23(16-8-4-3-5-9-16)22-18(17)19(24)21-13-15-7-6-10-20-12-15;/h3-5,8-9,14-15,20H,2,6-7,10-13H2,1H3,(H,21,24);1H. The molecule has 7 heteroatoms. The summed E-state index contributed by atoms with van der Waals surface area (Å²) in [6, 6.07) is 9.74. The Labute approximate surface area is 160 Å². The predicted octanol–water partition coefficient (Wildman–Crippen LogP) is 2.81. The molecule has 0 radical (unpaired) electrons. The average Bonchev–Trinajstić information content (AvgIpc) is 3.10. The number of halogens is 1. The Morgan fingerprint density at radius 1 is 1.38 bits per heavy atom. The van der Waals surface area contributed by atoms with Gasteiger partial charge < -0.3 is 15.4 Å². The molecular weight excluding hydrogens is 352 g/mol. The summed E-state index contributed by atoms with van der Waals surface area (Å²) in [5.41, 5.74) is 1.25. The van der Waals surface area contributed by atoms with Crippen LogP contribution in [-0.4, -0.2) is 41.9 Å². The van der Waals surface area contributed by atoms with Gasteiger partial charge in [-0.1, -0.05) is 25.1 Å². The lowest BCUT2D eigenvalue weighted by Gasteiger charge is -2.22. The van der Waals surface area contributed by atoms with E-state index in [1.54, 1.807) is 10.9 Å². The minimum atomic E-state index is -0.175. The van der Waals surface area contributed by atoms with E-state index in [0.717, 1.165) is 38.0 Å². The van der Waals surface area contributed by atoms with Crippen LogP contribution in [0.1, 0.15) is 36.7 Å². The van der Waals surface area contributed by atoms with Crippen molar-refractivity contribution >= 4 is 18.3 Å². The third-order valence-corrected chi connectivity index (χ3v) is 4.33. The molecule has 2 aromatic rings. The zero-order valence-electron chi connectivity index (χ0n) is 15.1. The number of piperidine rings is 1. The highest BCUT2D eigenvalue weighted by atomic mass is 35.5. The number of ether oxygens (including phenoxy) is 1. The van der Waals surface area contributed by atoms with Crippen molar-refractivity contribution in [2.45, 2.75) is 26.2 Å². The number of carbonyl (C=O) groups is 1. The van der Waals surface area contributed by atoms with E-state index in [2.05, 4.69) is 15.7 Å². The first-order chi connectivity index (χ1) is 12.3. The monoisotopic (exact) mass is 378 g/mol. The van der Waals surface area contributed by atoms with Crippen LogP contribution in [0.5, 0.6) is 5.75 Å². The number of hydrogen-bond donors (Lipinski definition) is 2. The van der Waals surface area contributed by atoms with Crippen molar-refractivity contribution in [2.75, 3.05) is 26.2 Å². The number of nitrogens with one attached hydrogen (secondary N) is 2. The van der Waals surface area contributed by atoms with Crippen molar-refractivity contribution < 1.29 is 9.53 Å². The Balaban J connectivity index is 0.00000243. The third kappa shape index (κ3) is 5.22. The molecule has 6 nitrogen and oxygen atoms in total. The lowest BCUT2D eigenvalue weighted by atomic mass is 10.00. The van der Waals surface area contributed by atoms with Crippen LogP contribution < -0.4 is 15.4 Å². The van der Waals surface area contributed by atoms with E-state index in [9.17, 15) is 4.79 Å². The second-order valence-corrected chi connectivity index (χ2v) is 6.39. The molecule has 1 unspecified atom stereocenters. The van der Waals surface area contributed by atoms with E-state index in [1.165, 1.54) is 0 Å². The van der Waals surface area contributed by atoms with E-state index in [4.69, 9.17) is 4.74 Å². The highest BCUT2D eigenvalue weighted by molar-refractivity contribution is 5.95. The molecule has 2 N–H and O–H groups in total. The molecule has 0 bridgehead atoms. The Kier molecular flexibility index (Phi) is 7.94. The molecule has 0 spiro atoms. The van der Waals surface area contributed by atoms with Gasteiger partial charge in [0.15, 0.2) is 11.4 Å². The van der Waals surface area contributed by atoms with Gasteiger partial charge in [-0.05, 0) is 50.4 Å². The minimum Gasteiger partial charge on any atom is -0.489 e. The van der Waals surface area contributed by atoms with Crippen LogP contribution in [-0.2, 0) is 0 Å². The van der Waals surface area contributed by atoms with Crippen LogP contribution in [0.3, 0.4) is 0 Å². The summed E-state index contributed by atoms with van der Waals surface area (Å²) in [6.45, 7) is 5.29. The maximum absolute atomic E-state index is 12.6. The van der Waals surface area contributed by atoms with E-state index >= 15 is 0 Å². The molecule has 1 amide bonds. The van der Waals surface area contributed by atoms with Crippen LogP contribution >= 0.6 is 12.4 Å². The molecule has 142 valence electrons. The Morgan fingerprint density at radius 3 is 2.88 bits per heavy atom. The number of benzene rings is 1. The number of para-hydroxylation sites is 1. The normalized spacial score (nSPS) is 16.6. The summed E-state index contributed by atoms with van der Waals surface area (Å²) in [4.78, 5) is 12.6. The fraction of sp³-hybridized carbons (Fsp3) is 0.474. The smallest absolute Gasteiger partial charge is 0.275 e. The van der Waals surface area contributed by atoms with Gasteiger partial charge in [0.25, 0.3) is 5.91 Å². The highest BCUT2D eigenvalue weighted by Crippen LogP contribution is 2.20. The number of aromatic nitrogens is 2. The number of hydrogen-bond acceptors (Lipinski definition) is 4. The van der Waals surface area contributed by atoms with Gasteiger partial charge in [-0.15, -0.1) is 12.4 Å². The van der Waals surface area contributed by atoms with Crippen molar-refractivity contribution in [1.82, 2.24) is 20.4 Å². The third-order valence-electron chi connectivity index (χ3n) is 4.33. The van der Waals surface area contributed by atoms with Gasteiger partial charge in [0.05, 0.1) is 18.5 Å². The number of nitrogens with zero attached hydrogens (tertiary/aromatic N) is 2. The van der Waals surface area contributed by atoms with Gasteiger partial charge in [-0.3, -0.25) is 4.79 Å². The van der Waals surface area contributed by atoms with Crippen LogP contribution in [0.25, 0.3) is 5.69 Å². The topological polar surface area (TPSA) is 68.2 Å². The van der Waals surface area contributed by atoms with Gasteiger partial charge >= 0.3 is 0 Å². The predicted molar refractivity (Wildman–Crippen MR) is 105 cm³/mol. The first-order valence-corrected chi connectivity index (χ1v) is 9.04. The maximum Gasteiger partial charge on any atom is 0.275 e. The first-order valence-electron chi connectivity index (χ1n) is 9.04. The average molecular weight is 379 g/mol. The molecule has 1 aromatic carbocycles. The highest BCUT2D eigenvalue weighted by Gasteiger charge is 2.20. The summed E-state index contributed by atoms with van der Waals surface area (Å²) in [5, 5.41) is 10.8. The zero-order chi connectivity index (χ0) is 17.5. The van der Waals surface area contributed by atoms with Gasteiger partial charge in [0.2, 0.25) is 0 Å². The van der Waals surface area contributed by atoms with Crippen molar-refractivity contribution in [2.24, 2.45) is 5.92 Å². The summed E-state index contributed by atoms with van der Waals surface area (Å²) >= 11 is 0. The summed E-state index contributed by atoms with van der Waals surface area (Å²) in [6.07, 6.45) is 4.96. The van der Waals surface area contributed by atoms with Crippen LogP contribution in [0, 0.1) is 5.92 Å². The Hall–Kier alpha value is -2.05. The summed E-state index contributed by atoms with van der Waals surface area (Å²) < 4.78 is 7.44. The molecule has 0 saturated carbocycles. The molecule has 1 aliphatic heterocycles. The van der Waals surface area contributed by atoms with Crippen LogP contribution in [0.4, 0.5) is 0 Å². The maximum atomic E-state index is 12.6. The van der Waals surface area contributed by atoms with Gasteiger partial charge in [-0.2, -0.15) is 5.10 Å². The van der Waals surface area contributed by atoms with Crippen LogP contribution in [0.15, 0.2) is 36.5 Å². The lowest BCUT2D eigenvalue weighted by Crippen LogP contribution is -2.38. The molecular formula is C19H27ClN4O2. The summed E-state index contributed by atoms with van der Waals surface area (Å²) in [7, 11) is 0. The van der Waals surface area contributed by atoms with E-state index < -0.39 is 0 Å². The summed E-state index contributed by atoms with van der Waals surface area (Å²) in [5.74, 6) is 0.838. The first kappa shape index (κ1) is 20.3. The lowest BCUT2D eigenvalue weighted by molar-refractivity contribution is 0.0935. The molecule has 3 rings (SSSR count). The molecule has 1 fully saturated rings. The fourth-order valence-electron chi connectivity index (χ4n) is 2.97. The molecule has 1 aliphatic rings. The molecule has 1 aromatic heterocycles. The van der Waals surface area contributed by atoms with Gasteiger partial charge in [0, 0.05) is 6.54 Å². The van der Waals surface area contributed by atoms with Crippen molar-refractivity contribution in [3.05, 3.63) is 42.2 Å². The number of rotatable bonds is 7. The minimum absolute atomic E-state index is 0. The van der Waals surface area contributed by atoms with Gasteiger partial charge in [-0.25, -0.2) is 4.68 Å². The molecule has 1 atom stereocenters. The molecule has 26 heavy (non-hydrogen) atoms. The van der Waals surface area contributed by atoms with Crippen molar-refractivity contribution in [3.63, 3.8) is 0 Å². The van der Waals surface area contributed by atoms with Crippen molar-refractivity contribution in [3.8, 4) is 11.4 Å². The fourth-order valence-corrected chi connectivity index (χ4v) is 2.97. The zero-order valence-corrected chi connectivity index (χ0v) is 15.9. The van der Waals surface area contributed by atoms with Gasteiger partial charge in [0.1, 0.15) is 0 Å². The SMILES string of the molecule is CCCOc1cn(-c2ccccc2)nc1C(=O)NCC1CCCNC1.Cl.